The number of anilines is 2. The van der Waals surface area contributed by atoms with Crippen molar-refractivity contribution >= 4 is 11.6 Å². The molecule has 0 saturated heterocycles. The molecular formula is C12H19F2N3. The highest BCUT2D eigenvalue weighted by molar-refractivity contribution is 5.47. The first-order valence-electron chi connectivity index (χ1n) is 5.73. The number of hydrogen-bond donors (Lipinski definition) is 2. The normalized spacial score (nSPS) is 12.6. The van der Waals surface area contributed by atoms with Gasteiger partial charge in [-0.05, 0) is 11.8 Å². The number of hydrogen-bond acceptors (Lipinski definition) is 3. The zero-order valence-electron chi connectivity index (χ0n) is 10.6. The summed E-state index contributed by atoms with van der Waals surface area (Å²) in [6.07, 6.45) is 0. The predicted molar refractivity (Wildman–Crippen MR) is 66.2 cm³/mol. The molecule has 1 aromatic rings. The molecule has 0 aliphatic carbocycles. The summed E-state index contributed by atoms with van der Waals surface area (Å²) in [4.78, 5) is 3.85. The van der Waals surface area contributed by atoms with Gasteiger partial charge < -0.3 is 10.6 Å². The molecule has 0 spiro atoms. The second-order valence-corrected chi connectivity index (χ2v) is 4.50. The van der Waals surface area contributed by atoms with E-state index in [1.54, 1.807) is 7.05 Å². The Morgan fingerprint density at radius 1 is 1.18 bits per heavy atom. The summed E-state index contributed by atoms with van der Waals surface area (Å²) in [6, 6.07) is 0.835. The first-order valence-corrected chi connectivity index (χ1v) is 5.73. The Labute approximate surface area is 101 Å². The summed E-state index contributed by atoms with van der Waals surface area (Å²) < 4.78 is 26.6. The Balaban J connectivity index is 2.77. The van der Waals surface area contributed by atoms with Crippen molar-refractivity contribution in [1.29, 1.82) is 0 Å². The van der Waals surface area contributed by atoms with Crippen LogP contribution in [-0.4, -0.2) is 18.6 Å². The van der Waals surface area contributed by atoms with Gasteiger partial charge in [0.15, 0.2) is 23.3 Å². The molecule has 0 saturated carbocycles. The van der Waals surface area contributed by atoms with Crippen LogP contribution in [0.2, 0.25) is 0 Å². The number of rotatable bonds is 5. The van der Waals surface area contributed by atoms with E-state index in [0.29, 0.717) is 18.4 Å². The van der Waals surface area contributed by atoms with E-state index in [-0.39, 0.29) is 11.6 Å². The smallest absolute Gasteiger partial charge is 0.168 e. The standard InChI is InChI=1S/C12H19F2N3/c1-7(2)8(3)6-16-12-10(14)5-9(13)11(15-4)17-12/h5,7-8H,6H2,1-4H3,(H2,15,16,17). The molecule has 96 valence electrons. The summed E-state index contributed by atoms with van der Waals surface area (Å²) in [5.74, 6) is -0.340. The molecule has 0 aliphatic rings. The maximum absolute atomic E-state index is 13.4. The van der Waals surface area contributed by atoms with Gasteiger partial charge in [0.05, 0.1) is 0 Å². The van der Waals surface area contributed by atoms with Gasteiger partial charge in [0.2, 0.25) is 0 Å². The van der Waals surface area contributed by atoms with E-state index in [2.05, 4.69) is 36.4 Å². The fourth-order valence-corrected chi connectivity index (χ4v) is 1.26. The summed E-state index contributed by atoms with van der Waals surface area (Å²) in [5.41, 5.74) is 0. The quantitative estimate of drug-likeness (QED) is 0.834. The SMILES string of the molecule is CNc1nc(NCC(C)C(C)C)c(F)cc1F. The van der Waals surface area contributed by atoms with Gasteiger partial charge in [-0.3, -0.25) is 0 Å². The minimum atomic E-state index is -0.688. The first-order chi connectivity index (χ1) is 7.95. The largest absolute Gasteiger partial charge is 0.371 e. The molecule has 0 bridgehead atoms. The zero-order valence-corrected chi connectivity index (χ0v) is 10.6. The van der Waals surface area contributed by atoms with Crippen LogP contribution in [0, 0.1) is 23.5 Å². The fraction of sp³-hybridized carbons (Fsp3) is 0.583. The van der Waals surface area contributed by atoms with Crippen molar-refractivity contribution < 1.29 is 8.78 Å². The molecule has 0 fully saturated rings. The maximum Gasteiger partial charge on any atom is 0.168 e. The lowest BCUT2D eigenvalue weighted by atomic mass is 9.98. The average Bonchev–Trinajstić information content (AvgIpc) is 2.27. The van der Waals surface area contributed by atoms with Crippen LogP contribution >= 0.6 is 0 Å². The van der Waals surface area contributed by atoms with E-state index in [1.165, 1.54) is 0 Å². The van der Waals surface area contributed by atoms with Crippen LogP contribution in [0.15, 0.2) is 6.07 Å². The van der Waals surface area contributed by atoms with E-state index in [1.807, 2.05) is 0 Å². The molecule has 0 aliphatic heterocycles. The van der Waals surface area contributed by atoms with E-state index in [9.17, 15) is 8.78 Å². The Bertz CT molecular complexity index is 380. The third kappa shape index (κ3) is 3.54. The van der Waals surface area contributed by atoms with Crippen LogP contribution in [-0.2, 0) is 0 Å². The van der Waals surface area contributed by atoms with Crippen molar-refractivity contribution in [3.05, 3.63) is 17.7 Å². The van der Waals surface area contributed by atoms with Crippen LogP contribution < -0.4 is 10.6 Å². The van der Waals surface area contributed by atoms with E-state index < -0.39 is 11.6 Å². The van der Waals surface area contributed by atoms with E-state index in [4.69, 9.17) is 0 Å². The second-order valence-electron chi connectivity index (χ2n) is 4.50. The van der Waals surface area contributed by atoms with Crippen molar-refractivity contribution in [1.82, 2.24) is 4.98 Å². The molecule has 2 N–H and O–H groups in total. The van der Waals surface area contributed by atoms with Gasteiger partial charge in [-0.2, -0.15) is 0 Å². The number of pyridine rings is 1. The van der Waals surface area contributed by atoms with Gasteiger partial charge in [-0.15, -0.1) is 0 Å². The molecule has 5 heteroatoms. The van der Waals surface area contributed by atoms with Crippen LogP contribution in [0.25, 0.3) is 0 Å². The molecule has 3 nitrogen and oxygen atoms in total. The van der Waals surface area contributed by atoms with Crippen LogP contribution in [0.1, 0.15) is 20.8 Å². The molecule has 0 radical (unpaired) electrons. The van der Waals surface area contributed by atoms with Crippen molar-refractivity contribution in [2.45, 2.75) is 20.8 Å². The number of aromatic nitrogens is 1. The Morgan fingerprint density at radius 2 is 1.76 bits per heavy atom. The second kappa shape index (κ2) is 5.80. The Morgan fingerprint density at radius 3 is 2.29 bits per heavy atom. The molecule has 1 rings (SSSR count). The molecule has 0 aromatic carbocycles. The first kappa shape index (κ1) is 13.7. The Hall–Kier alpha value is -1.39. The molecule has 1 atom stereocenters. The third-order valence-electron chi connectivity index (χ3n) is 2.90. The summed E-state index contributed by atoms with van der Waals surface area (Å²) in [7, 11) is 1.55. The van der Waals surface area contributed by atoms with Gasteiger partial charge in [0, 0.05) is 19.7 Å². The number of halogens is 2. The van der Waals surface area contributed by atoms with Crippen LogP contribution in [0.4, 0.5) is 20.4 Å². The number of nitrogens with one attached hydrogen (secondary N) is 2. The van der Waals surface area contributed by atoms with Gasteiger partial charge >= 0.3 is 0 Å². The molecular weight excluding hydrogens is 224 g/mol. The topological polar surface area (TPSA) is 37.0 Å². The van der Waals surface area contributed by atoms with Gasteiger partial charge in [-0.25, -0.2) is 13.8 Å². The zero-order chi connectivity index (χ0) is 13.0. The Kier molecular flexibility index (Phi) is 4.66. The molecule has 1 aromatic heterocycles. The van der Waals surface area contributed by atoms with Crippen LogP contribution in [0.3, 0.4) is 0 Å². The minimum Gasteiger partial charge on any atom is -0.371 e. The lowest BCUT2D eigenvalue weighted by Crippen LogP contribution is -2.18. The number of nitrogens with zero attached hydrogens (tertiary/aromatic N) is 1. The van der Waals surface area contributed by atoms with Crippen molar-refractivity contribution in [3.8, 4) is 0 Å². The van der Waals surface area contributed by atoms with E-state index in [0.717, 1.165) is 6.07 Å². The van der Waals surface area contributed by atoms with Gasteiger partial charge in [0.1, 0.15) is 0 Å². The summed E-state index contributed by atoms with van der Waals surface area (Å²) >= 11 is 0. The van der Waals surface area contributed by atoms with Crippen molar-refractivity contribution in [3.63, 3.8) is 0 Å². The summed E-state index contributed by atoms with van der Waals surface area (Å²) in [6.45, 7) is 6.87. The maximum atomic E-state index is 13.4. The van der Waals surface area contributed by atoms with Gasteiger partial charge in [-0.1, -0.05) is 20.8 Å². The summed E-state index contributed by atoms with van der Waals surface area (Å²) in [5, 5.41) is 5.48. The third-order valence-corrected chi connectivity index (χ3v) is 2.90. The monoisotopic (exact) mass is 243 g/mol. The molecule has 1 unspecified atom stereocenters. The molecule has 1 heterocycles. The van der Waals surface area contributed by atoms with Gasteiger partial charge in [0.25, 0.3) is 0 Å². The van der Waals surface area contributed by atoms with Crippen LogP contribution in [0.5, 0.6) is 0 Å². The highest BCUT2D eigenvalue weighted by atomic mass is 19.1. The van der Waals surface area contributed by atoms with Crippen molar-refractivity contribution in [2.75, 3.05) is 24.2 Å². The molecule has 17 heavy (non-hydrogen) atoms. The van der Waals surface area contributed by atoms with E-state index >= 15 is 0 Å². The highest BCUT2D eigenvalue weighted by Crippen LogP contribution is 2.19. The lowest BCUT2D eigenvalue weighted by molar-refractivity contribution is 0.438. The fourth-order valence-electron chi connectivity index (χ4n) is 1.26. The van der Waals surface area contributed by atoms with Crippen molar-refractivity contribution in [2.24, 2.45) is 11.8 Å². The lowest BCUT2D eigenvalue weighted by Gasteiger charge is -2.17. The predicted octanol–water partition coefficient (Wildman–Crippen LogP) is 3.11. The highest BCUT2D eigenvalue weighted by Gasteiger charge is 2.12. The minimum absolute atomic E-state index is 0.0473. The average molecular weight is 243 g/mol. The molecule has 0 amide bonds.